The first-order valence-electron chi connectivity index (χ1n) is 13.3. The van der Waals surface area contributed by atoms with E-state index in [1.54, 1.807) is 0 Å². The quantitative estimate of drug-likeness (QED) is 0.344. The summed E-state index contributed by atoms with van der Waals surface area (Å²) in [4.78, 5) is 13.7. The molecule has 0 atom stereocenters. The highest BCUT2D eigenvalue weighted by atomic mass is 15.1. The average Bonchev–Trinajstić information content (AvgIpc) is 3.34. The Bertz CT molecular complexity index is 1130. The van der Waals surface area contributed by atoms with Crippen molar-refractivity contribution in [3.8, 4) is 0 Å². The van der Waals surface area contributed by atoms with E-state index >= 15 is 0 Å². The van der Waals surface area contributed by atoms with Crippen LogP contribution in [0.1, 0.15) is 87.4 Å². The molecular formula is C30H39N5. The van der Waals surface area contributed by atoms with Gasteiger partial charge in [-0.2, -0.15) is 0 Å². The Labute approximate surface area is 210 Å². The molecule has 0 amide bonds. The van der Waals surface area contributed by atoms with Gasteiger partial charge in [-0.3, -0.25) is 4.99 Å². The Morgan fingerprint density at radius 2 is 1.77 bits per heavy atom. The minimum atomic E-state index is 0.797. The fraction of sp³-hybridized carbons (Fsp3) is 0.433. The van der Waals surface area contributed by atoms with Gasteiger partial charge in [-0.1, -0.05) is 102 Å². The van der Waals surface area contributed by atoms with E-state index in [0.29, 0.717) is 0 Å². The molecular weight excluding hydrogens is 430 g/mol. The summed E-state index contributed by atoms with van der Waals surface area (Å²) in [5.41, 5.74) is 4.54. The Morgan fingerprint density at radius 3 is 2.51 bits per heavy atom. The van der Waals surface area contributed by atoms with Crippen LogP contribution in [0.2, 0.25) is 0 Å². The van der Waals surface area contributed by atoms with Crippen molar-refractivity contribution in [3.63, 3.8) is 0 Å². The second kappa shape index (κ2) is 13.0. The highest BCUT2D eigenvalue weighted by molar-refractivity contribution is 5.91. The van der Waals surface area contributed by atoms with Crippen molar-refractivity contribution in [2.75, 3.05) is 11.9 Å². The summed E-state index contributed by atoms with van der Waals surface area (Å²) in [6.07, 6.45) is 24.2. The number of hydrogen-bond donors (Lipinski definition) is 1. The first kappa shape index (κ1) is 24.9. The molecule has 184 valence electrons. The molecule has 2 heterocycles. The monoisotopic (exact) mass is 469 g/mol. The highest BCUT2D eigenvalue weighted by Crippen LogP contribution is 2.27. The second-order valence-corrected chi connectivity index (χ2v) is 9.65. The van der Waals surface area contributed by atoms with Gasteiger partial charge in [0, 0.05) is 48.7 Å². The maximum Gasteiger partial charge on any atom is 0.180 e. The van der Waals surface area contributed by atoms with Gasteiger partial charge in [0.05, 0.1) is 5.69 Å². The largest absolute Gasteiger partial charge is 0.367 e. The van der Waals surface area contributed by atoms with Gasteiger partial charge in [0.1, 0.15) is 0 Å². The summed E-state index contributed by atoms with van der Waals surface area (Å²) in [5, 5.41) is 3.62. The minimum Gasteiger partial charge on any atom is -0.367 e. The van der Waals surface area contributed by atoms with Gasteiger partial charge in [-0.15, -0.1) is 0 Å². The van der Waals surface area contributed by atoms with E-state index in [1.165, 1.54) is 76.8 Å². The van der Waals surface area contributed by atoms with E-state index in [1.807, 2.05) is 47.4 Å². The lowest BCUT2D eigenvalue weighted by molar-refractivity contribution is 0.397. The van der Waals surface area contributed by atoms with Gasteiger partial charge >= 0.3 is 0 Å². The van der Waals surface area contributed by atoms with Crippen molar-refractivity contribution in [3.05, 3.63) is 79.0 Å². The van der Waals surface area contributed by atoms with E-state index < -0.39 is 0 Å². The molecule has 4 rings (SSSR count). The summed E-state index contributed by atoms with van der Waals surface area (Å²) in [6.45, 7) is 8.98. The van der Waals surface area contributed by atoms with Crippen molar-refractivity contribution in [2.24, 2.45) is 10.9 Å². The number of benzene rings is 1. The third-order valence-corrected chi connectivity index (χ3v) is 7.11. The molecule has 5 nitrogen and oxygen atoms in total. The Hall–Kier alpha value is -3.21. The Balaban J connectivity index is 1.48. The fourth-order valence-corrected chi connectivity index (χ4v) is 5.11. The van der Waals surface area contributed by atoms with Crippen LogP contribution in [0.25, 0.3) is 11.2 Å². The zero-order chi connectivity index (χ0) is 24.3. The summed E-state index contributed by atoms with van der Waals surface area (Å²) in [7, 11) is 0. The Kier molecular flexibility index (Phi) is 9.27. The van der Waals surface area contributed by atoms with Crippen LogP contribution in [0.15, 0.2) is 67.2 Å². The normalized spacial score (nSPS) is 16.2. The Morgan fingerprint density at radius 1 is 1.06 bits per heavy atom. The fourth-order valence-electron chi connectivity index (χ4n) is 5.11. The van der Waals surface area contributed by atoms with Crippen LogP contribution >= 0.6 is 0 Å². The van der Waals surface area contributed by atoms with Crippen molar-refractivity contribution in [1.82, 2.24) is 14.4 Å². The molecule has 1 saturated carbocycles. The molecule has 0 aliphatic heterocycles. The molecule has 2 aromatic heterocycles. The molecule has 0 unspecified atom stereocenters. The summed E-state index contributed by atoms with van der Waals surface area (Å²) in [6, 6.07) is 8.11. The molecule has 1 aliphatic carbocycles. The standard InChI is InChI=1S/C30H39N5/c1-3-31-22-26-16-12-13-17-27(26)24(2)28-23-35-21-20-33-30(35)29(34-28)32-19-18-25-14-10-8-6-4-5-7-9-11-15-25/h3,12-13,16-17,20-23,25H,1-2,4-11,14-15,18-19H2,(H,32,34)/b31-22-. The van der Waals surface area contributed by atoms with Crippen LogP contribution in [-0.2, 0) is 0 Å². The number of rotatable bonds is 8. The van der Waals surface area contributed by atoms with Crippen LogP contribution in [0.3, 0.4) is 0 Å². The molecule has 5 heteroatoms. The molecule has 0 radical (unpaired) electrons. The maximum atomic E-state index is 4.97. The van der Waals surface area contributed by atoms with Crippen LogP contribution in [0.5, 0.6) is 0 Å². The smallest absolute Gasteiger partial charge is 0.180 e. The summed E-state index contributed by atoms with van der Waals surface area (Å²) in [5.74, 6) is 1.62. The number of nitrogens with one attached hydrogen (secondary N) is 1. The lowest BCUT2D eigenvalue weighted by atomic mass is 9.92. The number of aromatic nitrogens is 3. The number of hydrogen-bond acceptors (Lipinski definition) is 4. The first-order valence-corrected chi connectivity index (χ1v) is 13.3. The highest BCUT2D eigenvalue weighted by Gasteiger charge is 2.14. The van der Waals surface area contributed by atoms with Gasteiger partial charge < -0.3 is 9.72 Å². The SMILES string of the molecule is C=C/N=C\c1ccccc1C(=C)c1cn2ccnc2c(NCCC2CCCCCCCCCC2)n1. The van der Waals surface area contributed by atoms with Gasteiger partial charge in [0.25, 0.3) is 0 Å². The van der Waals surface area contributed by atoms with E-state index in [4.69, 9.17) is 4.98 Å². The molecule has 1 N–H and O–H groups in total. The lowest BCUT2D eigenvalue weighted by Gasteiger charge is -2.18. The van der Waals surface area contributed by atoms with Crippen LogP contribution in [-0.4, -0.2) is 27.1 Å². The molecule has 35 heavy (non-hydrogen) atoms. The zero-order valence-electron chi connectivity index (χ0n) is 21.0. The van der Waals surface area contributed by atoms with Crippen molar-refractivity contribution < 1.29 is 0 Å². The molecule has 1 aromatic carbocycles. The van der Waals surface area contributed by atoms with Gasteiger partial charge in [0.2, 0.25) is 0 Å². The third-order valence-electron chi connectivity index (χ3n) is 7.11. The van der Waals surface area contributed by atoms with E-state index in [0.717, 1.165) is 46.3 Å². The predicted molar refractivity (Wildman–Crippen MR) is 148 cm³/mol. The lowest BCUT2D eigenvalue weighted by Crippen LogP contribution is -2.12. The number of imidazole rings is 1. The van der Waals surface area contributed by atoms with E-state index in [9.17, 15) is 0 Å². The summed E-state index contributed by atoms with van der Waals surface area (Å²) >= 11 is 0. The van der Waals surface area contributed by atoms with E-state index in [2.05, 4.69) is 34.5 Å². The number of anilines is 1. The molecule has 0 saturated heterocycles. The van der Waals surface area contributed by atoms with Crippen molar-refractivity contribution >= 4 is 23.3 Å². The van der Waals surface area contributed by atoms with Crippen molar-refractivity contribution in [1.29, 1.82) is 0 Å². The van der Waals surface area contributed by atoms with Gasteiger partial charge in [-0.25, -0.2) is 9.97 Å². The molecule has 0 bridgehead atoms. The molecule has 1 fully saturated rings. The maximum absolute atomic E-state index is 4.97. The second-order valence-electron chi connectivity index (χ2n) is 9.65. The zero-order valence-corrected chi connectivity index (χ0v) is 21.0. The molecule has 0 spiro atoms. The summed E-state index contributed by atoms with van der Waals surface area (Å²) < 4.78 is 2.03. The number of aliphatic imine (C=N–C) groups is 1. The van der Waals surface area contributed by atoms with Crippen molar-refractivity contribution in [2.45, 2.75) is 70.6 Å². The van der Waals surface area contributed by atoms with E-state index in [-0.39, 0.29) is 0 Å². The predicted octanol–water partition coefficient (Wildman–Crippen LogP) is 7.69. The number of fused-ring (bicyclic) bond motifs is 1. The average molecular weight is 470 g/mol. The molecule has 3 aromatic rings. The van der Waals surface area contributed by atoms with Crippen LogP contribution < -0.4 is 5.32 Å². The van der Waals surface area contributed by atoms with Crippen LogP contribution in [0, 0.1) is 5.92 Å². The molecule has 1 aliphatic rings. The third kappa shape index (κ3) is 6.91. The first-order chi connectivity index (χ1) is 17.3. The van der Waals surface area contributed by atoms with Gasteiger partial charge in [0.15, 0.2) is 11.5 Å². The number of nitrogens with zero attached hydrogens (tertiary/aromatic N) is 4. The van der Waals surface area contributed by atoms with Crippen LogP contribution in [0.4, 0.5) is 5.82 Å². The minimum absolute atomic E-state index is 0.797. The topological polar surface area (TPSA) is 54.6 Å². The van der Waals surface area contributed by atoms with Gasteiger partial charge in [-0.05, 0) is 17.9 Å².